The molecule has 0 aliphatic rings. The predicted molar refractivity (Wildman–Crippen MR) is 75.3 cm³/mol. The Morgan fingerprint density at radius 3 is 2.74 bits per heavy atom. The van der Waals surface area contributed by atoms with E-state index in [1.807, 2.05) is 43.3 Å². The van der Waals surface area contributed by atoms with Crippen LogP contribution in [0.2, 0.25) is 0 Å². The number of benzene rings is 1. The van der Waals surface area contributed by atoms with Gasteiger partial charge in [-0.25, -0.2) is 0 Å². The summed E-state index contributed by atoms with van der Waals surface area (Å²) < 4.78 is 5.57. The molecule has 0 spiro atoms. The molecule has 0 saturated carbocycles. The first-order valence-electron chi connectivity index (χ1n) is 6.54. The zero-order valence-electron chi connectivity index (χ0n) is 11.3. The van der Waals surface area contributed by atoms with Gasteiger partial charge in [0.25, 0.3) is 0 Å². The third kappa shape index (κ3) is 3.55. The van der Waals surface area contributed by atoms with Crippen molar-refractivity contribution in [2.45, 2.75) is 26.4 Å². The van der Waals surface area contributed by atoms with E-state index in [1.165, 1.54) is 0 Å². The van der Waals surface area contributed by atoms with Gasteiger partial charge >= 0.3 is 0 Å². The van der Waals surface area contributed by atoms with Crippen LogP contribution in [0.3, 0.4) is 0 Å². The molecule has 0 aliphatic heterocycles. The minimum Gasteiger partial charge on any atom is -0.494 e. The van der Waals surface area contributed by atoms with Crippen LogP contribution in [0.15, 0.2) is 42.6 Å². The minimum absolute atomic E-state index is 0.668. The topological polar surface area (TPSA) is 42.4 Å². The van der Waals surface area contributed by atoms with Gasteiger partial charge < -0.3 is 9.84 Å². The van der Waals surface area contributed by atoms with Crippen molar-refractivity contribution in [3.05, 3.63) is 59.4 Å². The van der Waals surface area contributed by atoms with Crippen LogP contribution in [0.4, 0.5) is 0 Å². The largest absolute Gasteiger partial charge is 0.494 e. The van der Waals surface area contributed by atoms with Gasteiger partial charge in [0.15, 0.2) is 0 Å². The molecular formula is C16H19NO2. The van der Waals surface area contributed by atoms with E-state index in [0.717, 1.165) is 29.0 Å². The SMILES string of the molecule is CCCOc1cccc(C(O)c2ccc(C)nc2)c1. The van der Waals surface area contributed by atoms with Crippen molar-refractivity contribution >= 4 is 0 Å². The van der Waals surface area contributed by atoms with E-state index in [4.69, 9.17) is 4.74 Å². The molecule has 1 N–H and O–H groups in total. The Hall–Kier alpha value is -1.87. The van der Waals surface area contributed by atoms with E-state index in [2.05, 4.69) is 11.9 Å². The van der Waals surface area contributed by atoms with Gasteiger partial charge in [-0.15, -0.1) is 0 Å². The summed E-state index contributed by atoms with van der Waals surface area (Å²) >= 11 is 0. The third-order valence-electron chi connectivity index (χ3n) is 2.90. The fourth-order valence-corrected chi connectivity index (χ4v) is 1.83. The zero-order valence-corrected chi connectivity index (χ0v) is 11.3. The maximum Gasteiger partial charge on any atom is 0.119 e. The Kier molecular flexibility index (Phi) is 4.53. The smallest absolute Gasteiger partial charge is 0.119 e. The molecular weight excluding hydrogens is 238 g/mol. The second-order valence-corrected chi connectivity index (χ2v) is 4.56. The van der Waals surface area contributed by atoms with E-state index < -0.39 is 6.10 Å². The highest BCUT2D eigenvalue weighted by atomic mass is 16.5. The highest BCUT2D eigenvalue weighted by molar-refractivity contribution is 5.34. The first kappa shape index (κ1) is 13.6. The van der Waals surface area contributed by atoms with Crippen LogP contribution in [0.25, 0.3) is 0 Å². The summed E-state index contributed by atoms with van der Waals surface area (Å²) in [4.78, 5) is 4.21. The number of hydrogen-bond donors (Lipinski definition) is 1. The first-order chi connectivity index (χ1) is 9.20. The summed E-state index contributed by atoms with van der Waals surface area (Å²) in [6.07, 6.45) is 2.01. The van der Waals surface area contributed by atoms with E-state index in [1.54, 1.807) is 6.20 Å². The van der Waals surface area contributed by atoms with Crippen molar-refractivity contribution in [1.29, 1.82) is 0 Å². The fourth-order valence-electron chi connectivity index (χ4n) is 1.83. The molecule has 0 fully saturated rings. The third-order valence-corrected chi connectivity index (χ3v) is 2.90. The molecule has 0 bridgehead atoms. The molecule has 0 saturated heterocycles. The molecule has 1 aromatic heterocycles. The van der Waals surface area contributed by atoms with Gasteiger partial charge in [0.1, 0.15) is 11.9 Å². The molecule has 19 heavy (non-hydrogen) atoms. The summed E-state index contributed by atoms with van der Waals surface area (Å²) in [6.45, 7) is 4.68. The van der Waals surface area contributed by atoms with Crippen LogP contribution in [0.5, 0.6) is 5.75 Å². The molecule has 2 aromatic rings. The number of pyridine rings is 1. The predicted octanol–water partition coefficient (Wildman–Crippen LogP) is 3.26. The molecule has 2 rings (SSSR count). The van der Waals surface area contributed by atoms with Crippen LogP contribution in [-0.4, -0.2) is 16.7 Å². The second-order valence-electron chi connectivity index (χ2n) is 4.56. The number of aliphatic hydroxyl groups excluding tert-OH is 1. The summed E-state index contributed by atoms with van der Waals surface area (Å²) in [5, 5.41) is 10.3. The Balaban J connectivity index is 2.18. The van der Waals surface area contributed by atoms with Gasteiger partial charge in [-0.1, -0.05) is 25.1 Å². The average Bonchev–Trinajstić information content (AvgIpc) is 2.45. The van der Waals surface area contributed by atoms with Crippen LogP contribution < -0.4 is 4.74 Å². The zero-order chi connectivity index (χ0) is 13.7. The van der Waals surface area contributed by atoms with E-state index in [9.17, 15) is 5.11 Å². The molecule has 1 heterocycles. The lowest BCUT2D eigenvalue weighted by atomic mass is 10.0. The van der Waals surface area contributed by atoms with E-state index >= 15 is 0 Å². The average molecular weight is 257 g/mol. The molecule has 0 amide bonds. The lowest BCUT2D eigenvalue weighted by Crippen LogP contribution is -2.02. The summed E-state index contributed by atoms with van der Waals surface area (Å²) in [5.41, 5.74) is 2.55. The van der Waals surface area contributed by atoms with Gasteiger partial charge in [0.05, 0.1) is 6.61 Å². The Morgan fingerprint density at radius 1 is 1.21 bits per heavy atom. The number of ether oxygens (including phenoxy) is 1. The molecule has 1 aromatic carbocycles. The van der Waals surface area contributed by atoms with Crippen molar-refractivity contribution in [2.75, 3.05) is 6.61 Å². The molecule has 1 atom stereocenters. The number of aryl methyl sites for hydroxylation is 1. The first-order valence-corrected chi connectivity index (χ1v) is 6.54. The van der Waals surface area contributed by atoms with Gasteiger partial charge in [-0.3, -0.25) is 4.98 Å². The van der Waals surface area contributed by atoms with Crippen molar-refractivity contribution < 1.29 is 9.84 Å². The lowest BCUT2D eigenvalue weighted by molar-refractivity contribution is 0.219. The van der Waals surface area contributed by atoms with Crippen molar-refractivity contribution in [1.82, 2.24) is 4.98 Å². The minimum atomic E-state index is -0.668. The quantitative estimate of drug-likeness (QED) is 0.894. The maximum absolute atomic E-state index is 10.3. The van der Waals surface area contributed by atoms with Crippen molar-refractivity contribution in [3.63, 3.8) is 0 Å². The molecule has 3 nitrogen and oxygen atoms in total. The van der Waals surface area contributed by atoms with Gasteiger partial charge in [0.2, 0.25) is 0 Å². The van der Waals surface area contributed by atoms with Gasteiger partial charge in [-0.05, 0) is 37.1 Å². The van der Waals surface area contributed by atoms with E-state index in [0.29, 0.717) is 6.61 Å². The van der Waals surface area contributed by atoms with E-state index in [-0.39, 0.29) is 0 Å². The van der Waals surface area contributed by atoms with Crippen LogP contribution in [0.1, 0.15) is 36.3 Å². The number of rotatable bonds is 5. The maximum atomic E-state index is 10.3. The molecule has 0 aliphatic carbocycles. The lowest BCUT2D eigenvalue weighted by Gasteiger charge is -2.13. The van der Waals surface area contributed by atoms with Gasteiger partial charge in [-0.2, -0.15) is 0 Å². The van der Waals surface area contributed by atoms with Crippen molar-refractivity contribution in [2.24, 2.45) is 0 Å². The van der Waals surface area contributed by atoms with Crippen LogP contribution in [0, 0.1) is 6.92 Å². The highest BCUT2D eigenvalue weighted by Crippen LogP contribution is 2.24. The number of aliphatic hydroxyl groups is 1. The number of hydrogen-bond acceptors (Lipinski definition) is 3. The summed E-state index contributed by atoms with van der Waals surface area (Å²) in [5.74, 6) is 0.790. The molecule has 100 valence electrons. The molecule has 1 unspecified atom stereocenters. The summed E-state index contributed by atoms with van der Waals surface area (Å²) in [6, 6.07) is 11.4. The second kappa shape index (κ2) is 6.34. The highest BCUT2D eigenvalue weighted by Gasteiger charge is 2.11. The molecule has 3 heteroatoms. The van der Waals surface area contributed by atoms with Crippen LogP contribution >= 0.6 is 0 Å². The van der Waals surface area contributed by atoms with Gasteiger partial charge in [0, 0.05) is 17.5 Å². The standard InChI is InChI=1S/C16H19NO2/c1-3-9-19-15-6-4-5-13(10-15)16(18)14-8-7-12(2)17-11-14/h4-8,10-11,16,18H,3,9H2,1-2H3. The Labute approximate surface area is 113 Å². The normalized spacial score (nSPS) is 12.2. The van der Waals surface area contributed by atoms with Crippen LogP contribution in [-0.2, 0) is 0 Å². The number of aromatic nitrogens is 1. The monoisotopic (exact) mass is 257 g/mol. The van der Waals surface area contributed by atoms with Crippen molar-refractivity contribution in [3.8, 4) is 5.75 Å². The number of nitrogens with zero attached hydrogens (tertiary/aromatic N) is 1. The fraction of sp³-hybridized carbons (Fsp3) is 0.312. The Morgan fingerprint density at radius 2 is 2.05 bits per heavy atom. The Bertz CT molecular complexity index is 523. The molecule has 0 radical (unpaired) electrons. The summed E-state index contributed by atoms with van der Waals surface area (Å²) in [7, 11) is 0.